The molecule has 0 unspecified atom stereocenters. The molecule has 0 bridgehead atoms. The van der Waals surface area contributed by atoms with Crippen molar-refractivity contribution in [3.63, 3.8) is 0 Å². The van der Waals surface area contributed by atoms with Crippen LogP contribution in [0.1, 0.15) is 42.9 Å². The van der Waals surface area contributed by atoms with Crippen molar-refractivity contribution in [3.05, 3.63) is 64.7 Å². The summed E-state index contributed by atoms with van der Waals surface area (Å²) in [6.07, 6.45) is 3.84. The second-order valence-corrected chi connectivity index (χ2v) is 8.68. The van der Waals surface area contributed by atoms with Crippen molar-refractivity contribution < 1.29 is 8.42 Å². The molecule has 1 saturated heterocycles. The van der Waals surface area contributed by atoms with Crippen LogP contribution in [0.2, 0.25) is 5.02 Å². The quantitative estimate of drug-likeness (QED) is 0.773. The van der Waals surface area contributed by atoms with Gasteiger partial charge in [-0.05, 0) is 43.5 Å². The summed E-state index contributed by atoms with van der Waals surface area (Å²) in [5.74, 6) is 0. The van der Waals surface area contributed by atoms with Crippen LogP contribution in [0.4, 0.5) is 0 Å². The zero-order chi connectivity index (χ0) is 17.2. The normalized spacial score (nSPS) is 19.8. The van der Waals surface area contributed by atoms with Gasteiger partial charge in [0, 0.05) is 11.6 Å². The number of halogens is 1. The number of rotatable bonds is 3. The predicted octanol–water partition coefficient (Wildman–Crippen LogP) is 4.95. The van der Waals surface area contributed by atoms with Crippen molar-refractivity contribution in [2.75, 3.05) is 6.54 Å². The second kappa shape index (κ2) is 7.26. The van der Waals surface area contributed by atoms with Crippen LogP contribution in [0.15, 0.2) is 53.4 Å². The fraction of sp³-hybridized carbons (Fsp3) is 0.368. The van der Waals surface area contributed by atoms with Gasteiger partial charge in [0.2, 0.25) is 10.0 Å². The van der Waals surface area contributed by atoms with E-state index < -0.39 is 10.0 Å². The average molecular weight is 364 g/mol. The molecule has 2 aromatic carbocycles. The topological polar surface area (TPSA) is 37.4 Å². The van der Waals surface area contributed by atoms with E-state index in [2.05, 4.69) is 6.07 Å². The molecule has 0 saturated carbocycles. The Morgan fingerprint density at radius 3 is 2.58 bits per heavy atom. The first-order valence-electron chi connectivity index (χ1n) is 8.32. The van der Waals surface area contributed by atoms with Gasteiger partial charge in [-0.1, -0.05) is 60.3 Å². The van der Waals surface area contributed by atoms with E-state index in [0.29, 0.717) is 11.6 Å². The summed E-state index contributed by atoms with van der Waals surface area (Å²) in [6, 6.07) is 14.6. The fourth-order valence-corrected chi connectivity index (χ4v) is 5.33. The Balaban J connectivity index is 2.04. The van der Waals surface area contributed by atoms with Crippen LogP contribution in [-0.2, 0) is 10.0 Å². The van der Waals surface area contributed by atoms with Gasteiger partial charge in [-0.15, -0.1) is 0 Å². The molecule has 0 N–H and O–H groups in total. The van der Waals surface area contributed by atoms with Crippen molar-refractivity contribution in [2.24, 2.45) is 0 Å². The summed E-state index contributed by atoms with van der Waals surface area (Å²) in [5, 5.41) is 0.443. The monoisotopic (exact) mass is 363 g/mol. The smallest absolute Gasteiger partial charge is 0.207 e. The van der Waals surface area contributed by atoms with Crippen LogP contribution in [-0.4, -0.2) is 19.3 Å². The highest BCUT2D eigenvalue weighted by Crippen LogP contribution is 2.35. The molecule has 128 valence electrons. The van der Waals surface area contributed by atoms with Crippen LogP contribution in [0.3, 0.4) is 0 Å². The van der Waals surface area contributed by atoms with E-state index >= 15 is 0 Å². The minimum absolute atomic E-state index is 0.114. The zero-order valence-corrected chi connectivity index (χ0v) is 15.4. The molecule has 2 aromatic rings. The van der Waals surface area contributed by atoms with Crippen molar-refractivity contribution in [1.82, 2.24) is 4.31 Å². The fourth-order valence-electron chi connectivity index (χ4n) is 3.34. The summed E-state index contributed by atoms with van der Waals surface area (Å²) < 4.78 is 28.1. The SMILES string of the molecule is Cc1cccc([C@H]2CCCCCN2S(=O)(=O)c2cccc(Cl)c2)c1. The number of benzene rings is 2. The van der Waals surface area contributed by atoms with E-state index in [9.17, 15) is 8.42 Å². The molecule has 0 radical (unpaired) electrons. The predicted molar refractivity (Wildman–Crippen MR) is 97.7 cm³/mol. The van der Waals surface area contributed by atoms with Gasteiger partial charge in [0.25, 0.3) is 0 Å². The molecule has 1 aliphatic rings. The highest BCUT2D eigenvalue weighted by molar-refractivity contribution is 7.89. The molecular formula is C19H22ClNO2S. The first kappa shape index (κ1) is 17.5. The Morgan fingerprint density at radius 1 is 1.04 bits per heavy atom. The number of hydrogen-bond donors (Lipinski definition) is 0. The van der Waals surface area contributed by atoms with Crippen LogP contribution in [0.25, 0.3) is 0 Å². The van der Waals surface area contributed by atoms with Gasteiger partial charge in [0.1, 0.15) is 0 Å². The van der Waals surface area contributed by atoms with Gasteiger partial charge in [-0.2, -0.15) is 4.31 Å². The summed E-state index contributed by atoms with van der Waals surface area (Å²) in [5.41, 5.74) is 2.22. The molecule has 3 rings (SSSR count). The first-order valence-corrected chi connectivity index (χ1v) is 10.1. The van der Waals surface area contributed by atoms with Crippen LogP contribution >= 0.6 is 11.6 Å². The third-order valence-corrected chi connectivity index (χ3v) is 6.67. The number of hydrogen-bond acceptors (Lipinski definition) is 2. The Morgan fingerprint density at radius 2 is 1.83 bits per heavy atom. The van der Waals surface area contributed by atoms with Gasteiger partial charge < -0.3 is 0 Å². The second-order valence-electron chi connectivity index (χ2n) is 6.35. The number of aryl methyl sites for hydroxylation is 1. The molecule has 0 aliphatic carbocycles. The largest absolute Gasteiger partial charge is 0.243 e. The van der Waals surface area contributed by atoms with E-state index in [0.717, 1.165) is 36.8 Å². The Bertz CT molecular complexity index is 820. The van der Waals surface area contributed by atoms with Gasteiger partial charge in [-0.25, -0.2) is 8.42 Å². The molecule has 3 nitrogen and oxygen atoms in total. The molecule has 0 amide bonds. The molecule has 24 heavy (non-hydrogen) atoms. The average Bonchev–Trinajstić information content (AvgIpc) is 2.81. The number of sulfonamides is 1. The first-order chi connectivity index (χ1) is 11.5. The minimum Gasteiger partial charge on any atom is -0.207 e. The van der Waals surface area contributed by atoms with Crippen molar-refractivity contribution in [1.29, 1.82) is 0 Å². The molecule has 1 aliphatic heterocycles. The van der Waals surface area contributed by atoms with E-state index in [-0.39, 0.29) is 10.9 Å². The lowest BCUT2D eigenvalue weighted by Gasteiger charge is -2.29. The highest BCUT2D eigenvalue weighted by atomic mass is 35.5. The molecule has 0 spiro atoms. The zero-order valence-electron chi connectivity index (χ0n) is 13.8. The number of nitrogens with zero attached hydrogens (tertiary/aromatic N) is 1. The standard InChI is InChI=1S/C19H22ClNO2S/c1-15-7-5-8-16(13-15)19-11-3-2-4-12-21(19)24(22,23)18-10-6-9-17(20)14-18/h5-10,13-14,19H,2-4,11-12H2,1H3/t19-/m1/s1. The van der Waals surface area contributed by atoms with Crippen molar-refractivity contribution >= 4 is 21.6 Å². The van der Waals surface area contributed by atoms with Crippen LogP contribution in [0.5, 0.6) is 0 Å². The van der Waals surface area contributed by atoms with Gasteiger partial charge >= 0.3 is 0 Å². The maximum atomic E-state index is 13.2. The van der Waals surface area contributed by atoms with Crippen molar-refractivity contribution in [3.8, 4) is 0 Å². The van der Waals surface area contributed by atoms with E-state index in [1.165, 1.54) is 6.07 Å². The summed E-state index contributed by atoms with van der Waals surface area (Å²) >= 11 is 6.01. The molecule has 0 aromatic heterocycles. The third kappa shape index (κ3) is 3.66. The van der Waals surface area contributed by atoms with Crippen LogP contribution < -0.4 is 0 Å². The summed E-state index contributed by atoms with van der Waals surface area (Å²) in [6.45, 7) is 2.59. The maximum Gasteiger partial charge on any atom is 0.243 e. The lowest BCUT2D eigenvalue weighted by molar-refractivity contribution is 0.329. The molecule has 1 heterocycles. The van der Waals surface area contributed by atoms with E-state index in [4.69, 9.17) is 11.6 Å². The Hall–Kier alpha value is -1.36. The maximum absolute atomic E-state index is 13.2. The van der Waals surface area contributed by atoms with Crippen molar-refractivity contribution in [2.45, 2.75) is 43.5 Å². The minimum atomic E-state index is -3.57. The molecular weight excluding hydrogens is 342 g/mol. The molecule has 1 fully saturated rings. The van der Waals surface area contributed by atoms with Gasteiger partial charge in [0.05, 0.1) is 10.9 Å². The molecule has 5 heteroatoms. The summed E-state index contributed by atoms with van der Waals surface area (Å²) in [7, 11) is -3.57. The molecule has 1 atom stereocenters. The Labute approximate surface area is 149 Å². The van der Waals surface area contributed by atoms with Gasteiger partial charge in [0.15, 0.2) is 0 Å². The Kier molecular flexibility index (Phi) is 5.28. The lowest BCUT2D eigenvalue weighted by atomic mass is 10.0. The third-order valence-electron chi connectivity index (χ3n) is 4.53. The lowest BCUT2D eigenvalue weighted by Crippen LogP contribution is -2.34. The van der Waals surface area contributed by atoms with E-state index in [1.54, 1.807) is 22.5 Å². The highest BCUT2D eigenvalue weighted by Gasteiger charge is 2.33. The van der Waals surface area contributed by atoms with Gasteiger partial charge in [-0.3, -0.25) is 0 Å². The summed E-state index contributed by atoms with van der Waals surface area (Å²) in [4.78, 5) is 0.273. The van der Waals surface area contributed by atoms with Crippen LogP contribution in [0, 0.1) is 6.92 Å². The van der Waals surface area contributed by atoms with E-state index in [1.807, 2.05) is 25.1 Å².